The molecule has 0 saturated carbocycles. The molecule has 1 atom stereocenters. The summed E-state index contributed by atoms with van der Waals surface area (Å²) in [6, 6.07) is 61.3. The second-order valence-corrected chi connectivity index (χ2v) is 35.3. The highest BCUT2D eigenvalue weighted by Gasteiger charge is 2.38. The molecule has 27 heteroatoms. The maximum absolute atomic E-state index is 13.5. The van der Waals surface area contributed by atoms with Crippen LogP contribution in [-0.4, -0.2) is 169 Å². The Kier molecular flexibility index (Phi) is 58.8. The highest BCUT2D eigenvalue weighted by atomic mass is 127. The largest absolute Gasteiger partial charge is 0.490 e. The molecule has 0 saturated heterocycles. The molecule has 716 valence electrons. The molecule has 132 heavy (non-hydrogen) atoms. The minimum absolute atomic E-state index is 0.0597. The van der Waals surface area contributed by atoms with Crippen LogP contribution in [-0.2, 0) is 81.0 Å². The molecule has 6 aromatic carbocycles. The van der Waals surface area contributed by atoms with Gasteiger partial charge in [0, 0.05) is 75.5 Å². The molecular weight excluding hydrogens is 1790 g/mol. The molecule has 0 fully saturated rings. The number of imide groups is 1. The number of hydrogen-bond acceptors (Lipinski definition) is 21. The predicted molar refractivity (Wildman–Crippen MR) is 513 cm³/mol. The third-order valence-electron chi connectivity index (χ3n) is 21.4. The number of rotatable bonds is 65. The van der Waals surface area contributed by atoms with Gasteiger partial charge in [-0.3, -0.25) is 9.59 Å². The standard InChI is InChI=1S/C67H101IN4O15.C24H20B.C14H18O6/c1-6-11-12-13-14-15-16-17-20-30-39-58(50-82-57-44-42-56(43-45-57)68-55-37-28-27-29-38-55)87-66(80)71-48-35-25-26-36-49-72(64(78)69-46-33-23-18-21-31-40-62(76)81-10-5)65(79)70-47-34-24-19-22-32-41-63(77)86-54-67(51-83-59(73)7-2,52-84-60(74)8-3)53-85-61(75)9-4;1-5-13-21(14-6-1)25(22-15-7-2-8-16-22,23-17-9-3-10-18-23)24-19-11-4-12-20-24;1-5-11(15)18-8-14(4,9-19-12(16)6-2)10-20-13(17)7-3/h7-9,27-29,37-38,42-45,58H,2-4,6,10-26,30-36,39-41,46-54H2,1,5H3,(H2-,69,70,71,78,79,80);1-20H;5-7H,1-3,8-10H2,4H3/q;-1;/p+1. The Morgan fingerprint density at radius 2 is 0.682 bits per heavy atom. The van der Waals surface area contributed by atoms with Gasteiger partial charge in [0.05, 0.1) is 12.0 Å². The van der Waals surface area contributed by atoms with Gasteiger partial charge in [-0.15, -0.1) is 0 Å². The highest BCUT2D eigenvalue weighted by molar-refractivity contribution is 7.19. The minimum atomic E-state index is -1.43. The summed E-state index contributed by atoms with van der Waals surface area (Å²) in [6.07, 6.45) is 27.2. The number of nitrogens with zero attached hydrogens (tertiary/aromatic N) is 1. The van der Waals surface area contributed by atoms with Crippen molar-refractivity contribution in [3.63, 3.8) is 0 Å². The zero-order valence-electron chi connectivity index (χ0n) is 77.8. The molecule has 0 aliphatic rings. The number of alkyl carbamates (subject to hydrolysis) is 1. The fourth-order valence-electron chi connectivity index (χ4n) is 14.1. The van der Waals surface area contributed by atoms with Crippen LogP contribution in [0.3, 0.4) is 0 Å². The first-order valence-electron chi connectivity index (χ1n) is 46.2. The smallest absolute Gasteiger partial charge is 0.407 e. The number of ether oxygens (including phenoxy) is 10. The molecule has 6 rings (SSSR count). The van der Waals surface area contributed by atoms with Crippen LogP contribution >= 0.6 is 0 Å². The van der Waals surface area contributed by atoms with E-state index in [-0.39, 0.29) is 66.6 Å². The summed E-state index contributed by atoms with van der Waals surface area (Å²) < 4.78 is 55.5. The van der Waals surface area contributed by atoms with Gasteiger partial charge in [-0.1, -0.05) is 295 Å². The molecule has 25 nitrogen and oxygen atoms in total. The van der Waals surface area contributed by atoms with Crippen LogP contribution in [0.4, 0.5) is 14.4 Å². The van der Waals surface area contributed by atoms with Crippen LogP contribution in [0.5, 0.6) is 5.75 Å². The van der Waals surface area contributed by atoms with Gasteiger partial charge in [0.15, 0.2) is 7.14 Å². The zero-order chi connectivity index (χ0) is 96.0. The fraction of sp³-hybridized carbons (Fsp3) is 0.438. The number of nitrogens with one attached hydrogen (secondary N) is 3. The lowest BCUT2D eigenvalue weighted by molar-refractivity contribution is -0.597. The van der Waals surface area contributed by atoms with Crippen LogP contribution in [0, 0.1) is 18.0 Å². The SMILES string of the molecule is C=CC(=O)OCC(C)(COC(=O)C=C)COC(=O)C=C.C=CC(=O)OCC(COC(=O)C=C)(COC(=O)C=C)COC(=O)CCCCCCCNC(=O)N(CCCCCCNC(=O)OC(CCCCCCCCCCCC)COc1ccc([I+]c2ccccc2)cc1)C(=O)NCCCCCCCC(=O)OCC.c1ccc([B-](c2ccccc2)(c2ccccc2)c2ccccc2)cc1. The van der Waals surface area contributed by atoms with Crippen LogP contribution < -0.4 is 63.7 Å². The highest BCUT2D eigenvalue weighted by Crippen LogP contribution is 2.25. The van der Waals surface area contributed by atoms with Crippen LogP contribution in [0.25, 0.3) is 0 Å². The van der Waals surface area contributed by atoms with E-state index in [4.69, 9.17) is 47.4 Å². The molecule has 0 aliphatic carbocycles. The van der Waals surface area contributed by atoms with Crippen LogP contribution in [0.2, 0.25) is 0 Å². The van der Waals surface area contributed by atoms with Gasteiger partial charge in [-0.05, 0) is 102 Å². The predicted octanol–water partition coefficient (Wildman–Crippen LogP) is 14.1. The molecule has 5 amide bonds. The summed E-state index contributed by atoms with van der Waals surface area (Å²) in [5.41, 5.74) is 3.05. The van der Waals surface area contributed by atoms with Gasteiger partial charge >= 0.3 is 87.1 Å². The normalized spacial score (nSPS) is 11.1. The number of carbonyl (C=O) groups excluding carboxylic acids is 11. The third-order valence-corrected chi connectivity index (χ3v) is 24.1. The molecule has 6 aromatic rings. The van der Waals surface area contributed by atoms with E-state index in [1.807, 2.05) is 18.2 Å². The van der Waals surface area contributed by atoms with Crippen LogP contribution in [0.15, 0.2) is 252 Å². The van der Waals surface area contributed by atoms with E-state index in [0.29, 0.717) is 71.2 Å². The Morgan fingerprint density at radius 1 is 0.364 bits per heavy atom. The van der Waals surface area contributed by atoms with Gasteiger partial charge in [-0.2, -0.15) is 21.9 Å². The summed E-state index contributed by atoms with van der Waals surface area (Å²) in [7, 11) is 0. The van der Waals surface area contributed by atoms with E-state index >= 15 is 0 Å². The van der Waals surface area contributed by atoms with Crippen LogP contribution in [0.1, 0.15) is 194 Å². The first kappa shape index (κ1) is 112. The van der Waals surface area contributed by atoms with E-state index in [1.165, 1.54) is 78.8 Å². The van der Waals surface area contributed by atoms with Gasteiger partial charge < -0.3 is 63.3 Å². The Labute approximate surface area is 792 Å². The Hall–Kier alpha value is -11.9. The molecule has 3 N–H and O–H groups in total. The number of halogens is 1. The van der Waals surface area contributed by atoms with Crippen molar-refractivity contribution in [3.8, 4) is 5.75 Å². The van der Waals surface area contributed by atoms with Gasteiger partial charge in [0.25, 0.3) is 0 Å². The molecule has 1 unspecified atom stereocenters. The van der Waals surface area contributed by atoms with Crippen molar-refractivity contribution in [2.75, 3.05) is 85.6 Å². The minimum Gasteiger partial charge on any atom is -0.490 e. The molecule has 0 aliphatic heterocycles. The van der Waals surface area contributed by atoms with Crippen molar-refractivity contribution in [2.24, 2.45) is 10.8 Å². The van der Waals surface area contributed by atoms with Crippen molar-refractivity contribution >= 4 is 93.9 Å². The second-order valence-electron chi connectivity index (χ2n) is 32.3. The quantitative estimate of drug-likeness (QED) is 0.00797. The van der Waals surface area contributed by atoms with Gasteiger partial charge in [0.1, 0.15) is 76.3 Å². The summed E-state index contributed by atoms with van der Waals surface area (Å²) in [5.74, 6) is -4.24. The maximum atomic E-state index is 13.5. The monoisotopic (exact) mass is 1930 g/mol. The summed E-state index contributed by atoms with van der Waals surface area (Å²) in [4.78, 5) is 135. The summed E-state index contributed by atoms with van der Waals surface area (Å²) in [6.45, 7) is 25.5. The average Bonchev–Trinajstić information content (AvgIpc) is 0.736. The van der Waals surface area contributed by atoms with E-state index in [0.717, 1.165) is 119 Å². The first-order chi connectivity index (χ1) is 64.0. The van der Waals surface area contributed by atoms with Gasteiger partial charge in [0.2, 0.25) is 0 Å². The second kappa shape index (κ2) is 69.1. The lowest BCUT2D eigenvalue weighted by Crippen LogP contribution is -3.61. The average molecular weight is 1930 g/mol. The van der Waals surface area contributed by atoms with Crippen molar-refractivity contribution in [1.82, 2.24) is 20.9 Å². The summed E-state index contributed by atoms with van der Waals surface area (Å²) in [5, 5.41) is 8.72. The number of esters is 8. The number of urea groups is 2. The van der Waals surface area contributed by atoms with E-state index in [1.54, 1.807) is 13.8 Å². The Bertz CT molecular complexity index is 4110. The zero-order valence-corrected chi connectivity index (χ0v) is 79.9. The van der Waals surface area contributed by atoms with E-state index in [9.17, 15) is 52.7 Å². The lowest BCUT2D eigenvalue weighted by Gasteiger charge is -2.44. The maximum Gasteiger partial charge on any atom is 0.407 e. The molecule has 0 spiro atoms. The van der Waals surface area contributed by atoms with Crippen molar-refractivity contribution in [3.05, 3.63) is 259 Å². The van der Waals surface area contributed by atoms with Crippen molar-refractivity contribution in [1.29, 1.82) is 0 Å². The fourth-order valence-corrected chi connectivity index (χ4v) is 16.3. The Balaban J connectivity index is 0.000000644. The van der Waals surface area contributed by atoms with Crippen molar-refractivity contribution in [2.45, 2.75) is 200 Å². The Morgan fingerprint density at radius 3 is 1.06 bits per heavy atom. The van der Waals surface area contributed by atoms with Crippen molar-refractivity contribution < 1.29 is 121 Å². The molecule has 0 bridgehead atoms. The molecule has 0 radical (unpaired) electrons. The number of amides is 5. The number of hydrogen-bond donors (Lipinski definition) is 3. The number of carbonyl (C=O) groups is 11. The number of unbranched alkanes of at least 4 members (excludes halogenated alkanes) is 20. The van der Waals surface area contributed by atoms with E-state index in [2.05, 4.69) is 220 Å². The third kappa shape index (κ3) is 47.8. The molecule has 0 aromatic heterocycles. The lowest BCUT2D eigenvalue weighted by atomic mass is 9.13. The molecular formula is C105H140BIN4O21. The van der Waals surface area contributed by atoms with E-state index < -0.39 is 109 Å². The first-order valence-corrected chi connectivity index (χ1v) is 48.4. The van der Waals surface area contributed by atoms with Gasteiger partial charge in [-0.25, -0.2) is 48.1 Å². The molecule has 0 heterocycles. The number of benzene rings is 6. The topological polar surface area (TPSA) is 319 Å². The summed E-state index contributed by atoms with van der Waals surface area (Å²) >= 11 is -0.289.